The lowest BCUT2D eigenvalue weighted by atomic mass is 9.87. The number of fused-ring (bicyclic) bond motifs is 1. The lowest BCUT2D eigenvalue weighted by molar-refractivity contribution is 0.256. The van der Waals surface area contributed by atoms with E-state index >= 15 is 0 Å². The van der Waals surface area contributed by atoms with Gasteiger partial charge in [0.2, 0.25) is 0 Å². The molecule has 1 aromatic heterocycles. The predicted octanol–water partition coefficient (Wildman–Crippen LogP) is 2.63. The summed E-state index contributed by atoms with van der Waals surface area (Å²) in [6, 6.07) is 8.17. The molecule has 0 bridgehead atoms. The standard InChI is InChI=1S/C15H19N3/c1-18-8-5-11(6-9-18)13-4-7-17-15-3-2-12(16)10-14(13)15/h2-4,7,10-11H,5-6,8-9,16H2,1H3. The van der Waals surface area contributed by atoms with Crippen molar-refractivity contribution in [2.75, 3.05) is 25.9 Å². The second-order valence-electron chi connectivity index (χ2n) is 5.25. The molecule has 0 unspecified atom stereocenters. The number of nitrogen functional groups attached to an aromatic ring is 1. The van der Waals surface area contributed by atoms with Crippen LogP contribution < -0.4 is 5.73 Å². The minimum absolute atomic E-state index is 0.647. The lowest BCUT2D eigenvalue weighted by Crippen LogP contribution is -2.29. The maximum Gasteiger partial charge on any atom is 0.0706 e. The largest absolute Gasteiger partial charge is 0.399 e. The summed E-state index contributed by atoms with van der Waals surface area (Å²) >= 11 is 0. The maximum atomic E-state index is 5.91. The van der Waals surface area contributed by atoms with Crippen molar-refractivity contribution in [1.29, 1.82) is 0 Å². The van der Waals surface area contributed by atoms with E-state index in [1.54, 1.807) is 0 Å². The number of pyridine rings is 1. The second-order valence-corrected chi connectivity index (χ2v) is 5.25. The van der Waals surface area contributed by atoms with Crippen molar-refractivity contribution in [3.63, 3.8) is 0 Å². The maximum absolute atomic E-state index is 5.91. The fourth-order valence-corrected chi connectivity index (χ4v) is 2.86. The van der Waals surface area contributed by atoms with Gasteiger partial charge in [0.25, 0.3) is 0 Å². The number of likely N-dealkylation sites (tertiary alicyclic amines) is 1. The summed E-state index contributed by atoms with van der Waals surface area (Å²) in [6.07, 6.45) is 4.38. The molecule has 2 aromatic rings. The molecule has 0 radical (unpaired) electrons. The van der Waals surface area contributed by atoms with Crippen molar-refractivity contribution in [3.8, 4) is 0 Å². The molecule has 1 aliphatic heterocycles. The molecule has 1 saturated heterocycles. The molecule has 94 valence electrons. The van der Waals surface area contributed by atoms with Crippen LogP contribution in [0.4, 0.5) is 5.69 Å². The van der Waals surface area contributed by atoms with E-state index in [4.69, 9.17) is 5.73 Å². The van der Waals surface area contributed by atoms with Gasteiger partial charge in [0, 0.05) is 17.3 Å². The van der Waals surface area contributed by atoms with Gasteiger partial charge >= 0.3 is 0 Å². The number of piperidine rings is 1. The van der Waals surface area contributed by atoms with Crippen LogP contribution in [0.1, 0.15) is 24.3 Å². The molecular formula is C15H19N3. The van der Waals surface area contributed by atoms with Crippen molar-refractivity contribution in [3.05, 3.63) is 36.0 Å². The minimum Gasteiger partial charge on any atom is -0.399 e. The van der Waals surface area contributed by atoms with Crippen molar-refractivity contribution < 1.29 is 0 Å². The summed E-state index contributed by atoms with van der Waals surface area (Å²) in [6.45, 7) is 2.35. The Hall–Kier alpha value is -1.61. The highest BCUT2D eigenvalue weighted by molar-refractivity contribution is 5.85. The first-order chi connectivity index (χ1) is 8.74. The molecule has 0 amide bonds. The topological polar surface area (TPSA) is 42.2 Å². The first-order valence-corrected chi connectivity index (χ1v) is 6.57. The van der Waals surface area contributed by atoms with E-state index in [2.05, 4.69) is 29.1 Å². The molecule has 1 aliphatic rings. The molecule has 0 spiro atoms. The van der Waals surface area contributed by atoms with Gasteiger partial charge in [-0.1, -0.05) is 0 Å². The van der Waals surface area contributed by atoms with Crippen molar-refractivity contribution in [2.24, 2.45) is 0 Å². The predicted molar refractivity (Wildman–Crippen MR) is 75.6 cm³/mol. The van der Waals surface area contributed by atoms with Crippen molar-refractivity contribution in [2.45, 2.75) is 18.8 Å². The van der Waals surface area contributed by atoms with Crippen LogP contribution in [-0.2, 0) is 0 Å². The molecular weight excluding hydrogens is 222 g/mol. The van der Waals surface area contributed by atoms with E-state index < -0.39 is 0 Å². The Labute approximate surface area is 108 Å². The van der Waals surface area contributed by atoms with Gasteiger partial charge in [-0.2, -0.15) is 0 Å². The van der Waals surface area contributed by atoms with Crippen LogP contribution in [0.25, 0.3) is 10.9 Å². The molecule has 3 rings (SSSR count). The van der Waals surface area contributed by atoms with Gasteiger partial charge in [0.1, 0.15) is 0 Å². The van der Waals surface area contributed by atoms with E-state index in [-0.39, 0.29) is 0 Å². The van der Waals surface area contributed by atoms with Gasteiger partial charge in [0.05, 0.1) is 5.52 Å². The average Bonchev–Trinajstić information content (AvgIpc) is 2.39. The monoisotopic (exact) mass is 241 g/mol. The minimum atomic E-state index is 0.647. The van der Waals surface area contributed by atoms with Crippen LogP contribution in [0.15, 0.2) is 30.5 Å². The van der Waals surface area contributed by atoms with E-state index in [9.17, 15) is 0 Å². The Morgan fingerprint density at radius 2 is 2.00 bits per heavy atom. The van der Waals surface area contributed by atoms with Crippen LogP contribution in [0, 0.1) is 0 Å². The van der Waals surface area contributed by atoms with Crippen LogP contribution >= 0.6 is 0 Å². The Morgan fingerprint density at radius 1 is 1.22 bits per heavy atom. The van der Waals surface area contributed by atoms with E-state index in [0.29, 0.717) is 5.92 Å². The van der Waals surface area contributed by atoms with Gasteiger partial charge in [-0.15, -0.1) is 0 Å². The Balaban J connectivity index is 2.03. The first-order valence-electron chi connectivity index (χ1n) is 6.57. The second kappa shape index (κ2) is 4.58. The molecule has 0 aliphatic carbocycles. The van der Waals surface area contributed by atoms with E-state index in [0.717, 1.165) is 11.2 Å². The summed E-state index contributed by atoms with van der Waals surface area (Å²) in [5, 5.41) is 1.23. The lowest BCUT2D eigenvalue weighted by Gasteiger charge is -2.29. The van der Waals surface area contributed by atoms with Crippen molar-refractivity contribution in [1.82, 2.24) is 9.88 Å². The zero-order chi connectivity index (χ0) is 12.5. The van der Waals surface area contributed by atoms with Gasteiger partial charge in [0.15, 0.2) is 0 Å². The summed E-state index contributed by atoms with van der Waals surface area (Å²) in [5.41, 5.74) is 9.21. The highest BCUT2D eigenvalue weighted by atomic mass is 15.1. The van der Waals surface area contributed by atoms with Crippen LogP contribution in [0.3, 0.4) is 0 Å². The molecule has 3 nitrogen and oxygen atoms in total. The van der Waals surface area contributed by atoms with E-state index in [1.165, 1.54) is 36.9 Å². The number of aromatic nitrogens is 1. The fourth-order valence-electron chi connectivity index (χ4n) is 2.86. The van der Waals surface area contributed by atoms with Gasteiger partial charge in [-0.05, 0) is 68.7 Å². The molecule has 3 heteroatoms. The first kappa shape index (κ1) is 11.5. The third-order valence-electron chi connectivity index (χ3n) is 3.96. The zero-order valence-corrected chi connectivity index (χ0v) is 10.8. The SMILES string of the molecule is CN1CCC(c2ccnc3ccc(N)cc23)CC1. The van der Waals surface area contributed by atoms with Gasteiger partial charge in [-0.25, -0.2) is 0 Å². The summed E-state index contributed by atoms with van der Waals surface area (Å²) in [7, 11) is 2.19. The normalized spacial score (nSPS) is 18.3. The molecule has 1 fully saturated rings. The van der Waals surface area contributed by atoms with Crippen LogP contribution in [0.5, 0.6) is 0 Å². The summed E-state index contributed by atoms with van der Waals surface area (Å²) in [4.78, 5) is 6.82. The number of anilines is 1. The quantitative estimate of drug-likeness (QED) is 0.780. The molecule has 0 saturated carbocycles. The molecule has 1 aromatic carbocycles. The van der Waals surface area contributed by atoms with E-state index in [1.807, 2.05) is 18.3 Å². The number of nitrogens with two attached hydrogens (primary N) is 1. The molecule has 18 heavy (non-hydrogen) atoms. The number of rotatable bonds is 1. The highest BCUT2D eigenvalue weighted by Crippen LogP contribution is 2.32. The molecule has 0 atom stereocenters. The number of hydrogen-bond donors (Lipinski definition) is 1. The van der Waals surface area contributed by atoms with Gasteiger partial charge < -0.3 is 10.6 Å². The fraction of sp³-hybridized carbons (Fsp3) is 0.400. The Kier molecular flexibility index (Phi) is 2.92. The molecule has 2 heterocycles. The van der Waals surface area contributed by atoms with Crippen molar-refractivity contribution >= 4 is 16.6 Å². The number of benzene rings is 1. The number of nitrogens with zero attached hydrogens (tertiary/aromatic N) is 2. The zero-order valence-electron chi connectivity index (χ0n) is 10.8. The third kappa shape index (κ3) is 2.06. The highest BCUT2D eigenvalue weighted by Gasteiger charge is 2.20. The summed E-state index contributed by atoms with van der Waals surface area (Å²) < 4.78 is 0. The van der Waals surface area contributed by atoms with Crippen LogP contribution in [-0.4, -0.2) is 30.0 Å². The molecule has 2 N–H and O–H groups in total. The smallest absolute Gasteiger partial charge is 0.0706 e. The van der Waals surface area contributed by atoms with Gasteiger partial charge in [-0.3, -0.25) is 4.98 Å². The Morgan fingerprint density at radius 3 is 2.78 bits per heavy atom. The number of hydrogen-bond acceptors (Lipinski definition) is 3. The summed E-state index contributed by atoms with van der Waals surface area (Å²) in [5.74, 6) is 0.647. The average molecular weight is 241 g/mol. The van der Waals surface area contributed by atoms with Crippen LogP contribution in [0.2, 0.25) is 0 Å². The third-order valence-corrected chi connectivity index (χ3v) is 3.96. The Bertz CT molecular complexity index is 557.